The molecule has 2 unspecified atom stereocenters. The number of amides is 2. The van der Waals surface area contributed by atoms with Crippen molar-refractivity contribution in [2.24, 2.45) is 5.92 Å². The number of benzene rings is 2. The highest BCUT2D eigenvalue weighted by atomic mass is 16.4. The van der Waals surface area contributed by atoms with Crippen LogP contribution in [-0.2, 0) is 11.2 Å². The Bertz CT molecular complexity index is 1130. The zero-order valence-electron chi connectivity index (χ0n) is 17.8. The Labute approximate surface area is 190 Å². The molecule has 0 fully saturated rings. The van der Waals surface area contributed by atoms with Crippen LogP contribution in [0.25, 0.3) is 11.1 Å². The van der Waals surface area contributed by atoms with E-state index in [1.807, 2.05) is 24.3 Å². The molecule has 0 saturated carbocycles. The van der Waals surface area contributed by atoms with Gasteiger partial charge < -0.3 is 10.2 Å². The second-order valence-corrected chi connectivity index (χ2v) is 7.97. The van der Waals surface area contributed by atoms with E-state index in [4.69, 9.17) is 0 Å². The Morgan fingerprint density at radius 3 is 2.06 bits per heavy atom. The maximum absolute atomic E-state index is 12.5. The minimum Gasteiger partial charge on any atom is -0.481 e. The smallest absolute Gasteiger partial charge is 0.309 e. The van der Waals surface area contributed by atoms with Crippen LogP contribution in [0.1, 0.15) is 39.1 Å². The van der Waals surface area contributed by atoms with E-state index < -0.39 is 29.8 Å². The molecular weight excluding hydrogens is 422 g/mol. The molecule has 8 nitrogen and oxygen atoms in total. The van der Waals surface area contributed by atoms with Crippen LogP contribution in [0.2, 0.25) is 0 Å². The monoisotopic (exact) mass is 445 g/mol. The number of carboxylic acid groups (broad SMARTS) is 1. The maximum atomic E-state index is 12.5. The van der Waals surface area contributed by atoms with Crippen LogP contribution in [0.4, 0.5) is 0 Å². The van der Waals surface area contributed by atoms with Crippen LogP contribution < -0.4 is 0 Å². The fraction of sp³-hybridized carbons (Fsp3) is 0.240. The van der Waals surface area contributed by atoms with Crippen LogP contribution in [-0.4, -0.2) is 55.5 Å². The fourth-order valence-electron chi connectivity index (χ4n) is 4.02. The van der Waals surface area contributed by atoms with Gasteiger partial charge in [-0.05, 0) is 42.5 Å². The largest absolute Gasteiger partial charge is 0.481 e. The molecule has 1 aliphatic rings. The topological polar surface area (TPSA) is 121 Å². The lowest BCUT2D eigenvalue weighted by Crippen LogP contribution is -2.36. The first-order valence-corrected chi connectivity index (χ1v) is 10.7. The minimum atomic E-state index is -1.15. The number of aliphatic hydroxyl groups is 1. The van der Waals surface area contributed by atoms with Crippen molar-refractivity contribution in [2.75, 3.05) is 6.54 Å². The Balaban J connectivity index is 1.34. The standard InChI is InChI=1S/C25H23N3O5/c29-22(10-7-16-5-8-17(9-6-16)18-13-26-15-27-14-18)21(25(32)33)11-12-28-23(30)19-3-1-2-4-20(19)24(28)31/h1-6,8-9,13-15,21-22,29H,7,10-12H2,(H,32,33). The quantitative estimate of drug-likeness (QED) is 0.486. The van der Waals surface area contributed by atoms with E-state index in [1.165, 1.54) is 6.33 Å². The second kappa shape index (κ2) is 9.70. The third-order valence-electron chi connectivity index (χ3n) is 5.90. The van der Waals surface area contributed by atoms with Gasteiger partial charge in [-0.15, -0.1) is 0 Å². The number of carbonyl (C=O) groups is 3. The summed E-state index contributed by atoms with van der Waals surface area (Å²) in [6.45, 7) is -0.0613. The number of nitrogens with zero attached hydrogens (tertiary/aromatic N) is 3. The van der Waals surface area contributed by atoms with E-state index in [0.717, 1.165) is 21.6 Å². The van der Waals surface area contributed by atoms with Gasteiger partial charge in [0, 0.05) is 24.5 Å². The van der Waals surface area contributed by atoms with E-state index in [2.05, 4.69) is 9.97 Å². The molecule has 1 aliphatic heterocycles. The van der Waals surface area contributed by atoms with Gasteiger partial charge in [0.1, 0.15) is 6.33 Å². The number of imide groups is 1. The van der Waals surface area contributed by atoms with Crippen molar-refractivity contribution in [3.05, 3.63) is 83.9 Å². The summed E-state index contributed by atoms with van der Waals surface area (Å²) in [5, 5.41) is 20.2. The van der Waals surface area contributed by atoms with Crippen molar-refractivity contribution in [3.63, 3.8) is 0 Å². The average Bonchev–Trinajstić information content (AvgIpc) is 3.08. The van der Waals surface area contributed by atoms with E-state index in [-0.39, 0.29) is 19.4 Å². The van der Waals surface area contributed by atoms with Gasteiger partial charge in [0.15, 0.2) is 0 Å². The predicted octanol–water partition coefficient (Wildman–Crippen LogP) is 2.82. The summed E-state index contributed by atoms with van der Waals surface area (Å²) >= 11 is 0. The molecule has 3 aromatic rings. The Morgan fingerprint density at radius 1 is 0.879 bits per heavy atom. The number of carboxylic acids is 1. The van der Waals surface area contributed by atoms with Crippen molar-refractivity contribution in [3.8, 4) is 11.1 Å². The van der Waals surface area contributed by atoms with Crippen molar-refractivity contribution in [1.29, 1.82) is 0 Å². The summed E-state index contributed by atoms with van der Waals surface area (Å²) in [7, 11) is 0. The molecule has 2 amide bonds. The van der Waals surface area contributed by atoms with Gasteiger partial charge in [-0.2, -0.15) is 0 Å². The highest BCUT2D eigenvalue weighted by molar-refractivity contribution is 6.21. The van der Waals surface area contributed by atoms with Crippen LogP contribution in [0.3, 0.4) is 0 Å². The summed E-state index contributed by atoms with van der Waals surface area (Å²) in [6, 6.07) is 14.2. The molecule has 1 aromatic heterocycles. The first-order valence-electron chi connectivity index (χ1n) is 10.7. The highest BCUT2D eigenvalue weighted by Crippen LogP contribution is 2.25. The molecule has 0 saturated heterocycles. The Kier molecular flexibility index (Phi) is 6.55. The summed E-state index contributed by atoms with van der Waals surface area (Å²) < 4.78 is 0. The molecule has 4 rings (SSSR count). The molecule has 2 aromatic carbocycles. The fourth-order valence-corrected chi connectivity index (χ4v) is 4.02. The molecule has 168 valence electrons. The molecule has 2 atom stereocenters. The number of fused-ring (bicyclic) bond motifs is 1. The number of carbonyl (C=O) groups excluding carboxylic acids is 2. The minimum absolute atomic E-state index is 0.0189. The Hall–Kier alpha value is -3.91. The number of rotatable bonds is 9. The number of hydrogen-bond acceptors (Lipinski definition) is 6. The Morgan fingerprint density at radius 2 is 1.48 bits per heavy atom. The molecule has 0 radical (unpaired) electrons. The number of aliphatic hydroxyl groups excluding tert-OH is 1. The molecule has 33 heavy (non-hydrogen) atoms. The SMILES string of the molecule is O=C(O)C(CCN1C(=O)c2ccccc2C1=O)C(O)CCc1ccc(-c2cncnc2)cc1. The zero-order valence-corrected chi connectivity index (χ0v) is 17.8. The molecule has 0 bridgehead atoms. The number of aromatic nitrogens is 2. The predicted molar refractivity (Wildman–Crippen MR) is 119 cm³/mol. The third kappa shape index (κ3) is 4.80. The number of hydrogen-bond donors (Lipinski definition) is 2. The highest BCUT2D eigenvalue weighted by Gasteiger charge is 2.36. The molecule has 8 heteroatoms. The van der Waals surface area contributed by atoms with Gasteiger partial charge in [0.05, 0.1) is 23.1 Å². The maximum Gasteiger partial charge on any atom is 0.309 e. The lowest BCUT2D eigenvalue weighted by molar-refractivity contribution is -0.146. The van der Waals surface area contributed by atoms with Crippen molar-refractivity contribution < 1.29 is 24.6 Å². The molecule has 2 heterocycles. The van der Waals surface area contributed by atoms with Gasteiger partial charge in [-0.1, -0.05) is 36.4 Å². The van der Waals surface area contributed by atoms with Gasteiger partial charge in [-0.25, -0.2) is 9.97 Å². The van der Waals surface area contributed by atoms with Crippen LogP contribution >= 0.6 is 0 Å². The molecule has 0 aliphatic carbocycles. The van der Waals surface area contributed by atoms with Gasteiger partial charge in [0.25, 0.3) is 11.8 Å². The van der Waals surface area contributed by atoms with E-state index >= 15 is 0 Å². The molecular formula is C25H23N3O5. The van der Waals surface area contributed by atoms with Crippen molar-refractivity contribution >= 4 is 17.8 Å². The van der Waals surface area contributed by atoms with Gasteiger partial charge in [-0.3, -0.25) is 19.3 Å². The summed E-state index contributed by atoms with van der Waals surface area (Å²) in [4.78, 5) is 45.8. The van der Waals surface area contributed by atoms with Gasteiger partial charge in [0.2, 0.25) is 0 Å². The van der Waals surface area contributed by atoms with Gasteiger partial charge >= 0.3 is 5.97 Å². The lowest BCUT2D eigenvalue weighted by atomic mass is 9.93. The molecule has 2 N–H and O–H groups in total. The van der Waals surface area contributed by atoms with Crippen LogP contribution in [0.15, 0.2) is 67.3 Å². The first kappa shape index (κ1) is 22.3. The van der Waals surface area contributed by atoms with Crippen molar-refractivity contribution in [2.45, 2.75) is 25.4 Å². The summed E-state index contributed by atoms with van der Waals surface area (Å²) in [5.74, 6) is -3.11. The van der Waals surface area contributed by atoms with Crippen LogP contribution in [0.5, 0.6) is 0 Å². The molecule has 0 spiro atoms. The summed E-state index contributed by atoms with van der Waals surface area (Å²) in [6.07, 6.45) is 4.51. The third-order valence-corrected chi connectivity index (χ3v) is 5.90. The summed E-state index contributed by atoms with van der Waals surface area (Å²) in [5.41, 5.74) is 3.45. The number of aryl methyl sites for hydroxylation is 1. The zero-order chi connectivity index (χ0) is 23.4. The second-order valence-electron chi connectivity index (χ2n) is 7.97. The average molecular weight is 445 g/mol. The van der Waals surface area contributed by atoms with E-state index in [0.29, 0.717) is 17.5 Å². The van der Waals surface area contributed by atoms with E-state index in [9.17, 15) is 24.6 Å². The normalized spacial score (nSPS) is 14.8. The number of aliphatic carboxylic acids is 1. The van der Waals surface area contributed by atoms with Crippen LogP contribution in [0, 0.1) is 5.92 Å². The lowest BCUT2D eigenvalue weighted by Gasteiger charge is -2.22. The van der Waals surface area contributed by atoms with Crippen molar-refractivity contribution in [1.82, 2.24) is 14.9 Å². The van der Waals surface area contributed by atoms with E-state index in [1.54, 1.807) is 36.7 Å². The first-order chi connectivity index (χ1) is 16.0.